The summed E-state index contributed by atoms with van der Waals surface area (Å²) in [4.78, 5) is 9.73. The van der Waals surface area contributed by atoms with E-state index in [1.165, 1.54) is 15.4 Å². The van der Waals surface area contributed by atoms with Crippen molar-refractivity contribution in [2.45, 2.75) is 19.9 Å². The fraction of sp³-hybridized carbons (Fsp3) is 0.333. The van der Waals surface area contributed by atoms with Crippen LogP contribution in [0.15, 0.2) is 30.7 Å². The molecular formula is C12H15N3S. The second-order valence-corrected chi connectivity index (χ2v) is 4.73. The largest absolute Gasteiger partial charge is 0.312 e. The first kappa shape index (κ1) is 11.2. The molecular weight excluding hydrogens is 218 g/mol. The fourth-order valence-electron chi connectivity index (χ4n) is 1.43. The van der Waals surface area contributed by atoms with Gasteiger partial charge in [-0.25, -0.2) is 4.98 Å². The van der Waals surface area contributed by atoms with Gasteiger partial charge in [-0.15, -0.1) is 11.3 Å². The van der Waals surface area contributed by atoms with E-state index in [0.717, 1.165) is 19.5 Å². The molecule has 2 aromatic heterocycles. The molecule has 0 unspecified atom stereocenters. The van der Waals surface area contributed by atoms with Crippen LogP contribution in [0, 0.1) is 0 Å². The Balaban J connectivity index is 1.97. The quantitative estimate of drug-likeness (QED) is 0.860. The molecule has 0 aromatic carbocycles. The van der Waals surface area contributed by atoms with Gasteiger partial charge in [-0.2, -0.15) is 0 Å². The molecule has 0 amide bonds. The maximum atomic E-state index is 4.42. The molecule has 0 saturated heterocycles. The molecule has 0 bridgehead atoms. The van der Waals surface area contributed by atoms with Crippen molar-refractivity contribution in [3.05, 3.63) is 46.2 Å². The number of hydrogen-bond donors (Lipinski definition) is 1. The van der Waals surface area contributed by atoms with Crippen molar-refractivity contribution in [2.24, 2.45) is 0 Å². The Morgan fingerprint density at radius 1 is 1.31 bits per heavy atom. The van der Waals surface area contributed by atoms with E-state index < -0.39 is 0 Å². The zero-order valence-corrected chi connectivity index (χ0v) is 10.1. The fourth-order valence-corrected chi connectivity index (χ4v) is 2.36. The standard InChI is InChI=1S/C12H15N3S/c1-2-13-8-11-9-15-12(16-11)7-10-3-5-14-6-4-10/h3-6,9,13H,2,7-8H2,1H3. The van der Waals surface area contributed by atoms with Gasteiger partial charge in [0, 0.05) is 36.4 Å². The van der Waals surface area contributed by atoms with Crippen LogP contribution in [0.2, 0.25) is 0 Å². The molecule has 0 radical (unpaired) electrons. The van der Waals surface area contributed by atoms with Crippen LogP contribution in [-0.4, -0.2) is 16.5 Å². The van der Waals surface area contributed by atoms with E-state index in [2.05, 4.69) is 22.2 Å². The van der Waals surface area contributed by atoms with Crippen molar-refractivity contribution in [3.63, 3.8) is 0 Å². The number of thiazole rings is 1. The lowest BCUT2D eigenvalue weighted by atomic mass is 10.2. The summed E-state index contributed by atoms with van der Waals surface area (Å²) in [6.07, 6.45) is 6.51. The van der Waals surface area contributed by atoms with Crippen molar-refractivity contribution in [2.75, 3.05) is 6.54 Å². The smallest absolute Gasteiger partial charge is 0.0972 e. The summed E-state index contributed by atoms with van der Waals surface area (Å²) in [6, 6.07) is 4.07. The maximum absolute atomic E-state index is 4.42. The van der Waals surface area contributed by atoms with Gasteiger partial charge in [-0.1, -0.05) is 6.92 Å². The van der Waals surface area contributed by atoms with Crippen molar-refractivity contribution < 1.29 is 0 Å². The Labute approximate surface area is 99.6 Å². The van der Waals surface area contributed by atoms with Gasteiger partial charge >= 0.3 is 0 Å². The van der Waals surface area contributed by atoms with Crippen LogP contribution in [0.5, 0.6) is 0 Å². The topological polar surface area (TPSA) is 37.8 Å². The normalized spacial score (nSPS) is 10.6. The predicted octanol–water partition coefficient (Wildman–Crippen LogP) is 2.24. The average molecular weight is 233 g/mol. The highest BCUT2D eigenvalue weighted by Crippen LogP contribution is 2.16. The number of rotatable bonds is 5. The van der Waals surface area contributed by atoms with E-state index in [4.69, 9.17) is 0 Å². The van der Waals surface area contributed by atoms with Crippen LogP contribution >= 0.6 is 11.3 Å². The third-order valence-electron chi connectivity index (χ3n) is 2.26. The van der Waals surface area contributed by atoms with Crippen LogP contribution in [0.25, 0.3) is 0 Å². The molecule has 16 heavy (non-hydrogen) atoms. The first-order valence-corrected chi connectivity index (χ1v) is 6.23. The summed E-state index contributed by atoms with van der Waals surface area (Å²) in [5.41, 5.74) is 1.26. The van der Waals surface area contributed by atoms with E-state index in [1.54, 1.807) is 11.3 Å². The molecule has 4 heteroatoms. The van der Waals surface area contributed by atoms with E-state index in [9.17, 15) is 0 Å². The number of hydrogen-bond acceptors (Lipinski definition) is 4. The van der Waals surface area contributed by atoms with Crippen molar-refractivity contribution in [3.8, 4) is 0 Å². The third kappa shape index (κ3) is 3.12. The van der Waals surface area contributed by atoms with Crippen LogP contribution in [-0.2, 0) is 13.0 Å². The van der Waals surface area contributed by atoms with Gasteiger partial charge in [0.15, 0.2) is 0 Å². The van der Waals surface area contributed by atoms with Crippen LogP contribution in [0.4, 0.5) is 0 Å². The highest BCUT2D eigenvalue weighted by Gasteiger charge is 2.02. The highest BCUT2D eigenvalue weighted by molar-refractivity contribution is 7.11. The molecule has 0 aliphatic heterocycles. The minimum Gasteiger partial charge on any atom is -0.312 e. The lowest BCUT2D eigenvalue weighted by Gasteiger charge is -1.96. The predicted molar refractivity (Wildman–Crippen MR) is 66.5 cm³/mol. The molecule has 1 N–H and O–H groups in total. The number of nitrogens with zero attached hydrogens (tertiary/aromatic N) is 2. The zero-order chi connectivity index (χ0) is 11.2. The molecule has 0 fully saturated rings. The molecule has 84 valence electrons. The molecule has 0 aliphatic rings. The minimum atomic E-state index is 0.902. The van der Waals surface area contributed by atoms with Gasteiger partial charge in [-0.05, 0) is 24.2 Å². The first-order chi connectivity index (χ1) is 7.88. The molecule has 2 rings (SSSR count). The lowest BCUT2D eigenvalue weighted by Crippen LogP contribution is -2.10. The molecule has 2 aromatic rings. The first-order valence-electron chi connectivity index (χ1n) is 5.41. The SMILES string of the molecule is CCNCc1cnc(Cc2ccncc2)s1. The Kier molecular flexibility index (Phi) is 4.02. The lowest BCUT2D eigenvalue weighted by molar-refractivity contribution is 0.734. The zero-order valence-electron chi connectivity index (χ0n) is 9.31. The van der Waals surface area contributed by atoms with Gasteiger partial charge < -0.3 is 5.32 Å². The summed E-state index contributed by atoms with van der Waals surface area (Å²) in [5.74, 6) is 0. The van der Waals surface area contributed by atoms with Crippen molar-refractivity contribution in [1.82, 2.24) is 15.3 Å². The van der Waals surface area contributed by atoms with Crippen LogP contribution in [0.3, 0.4) is 0 Å². The van der Waals surface area contributed by atoms with Crippen molar-refractivity contribution >= 4 is 11.3 Å². The summed E-state index contributed by atoms with van der Waals surface area (Å²) >= 11 is 1.77. The molecule has 0 aliphatic carbocycles. The second kappa shape index (κ2) is 5.72. The number of aromatic nitrogens is 2. The van der Waals surface area contributed by atoms with Crippen LogP contribution < -0.4 is 5.32 Å². The molecule has 0 spiro atoms. The van der Waals surface area contributed by atoms with Gasteiger partial charge in [-0.3, -0.25) is 4.98 Å². The second-order valence-electron chi connectivity index (χ2n) is 3.53. The Bertz CT molecular complexity index is 425. The Morgan fingerprint density at radius 2 is 2.12 bits per heavy atom. The highest BCUT2D eigenvalue weighted by atomic mass is 32.1. The van der Waals surface area contributed by atoms with Gasteiger partial charge in [0.1, 0.15) is 0 Å². The Morgan fingerprint density at radius 3 is 2.88 bits per heavy atom. The minimum absolute atomic E-state index is 0.902. The molecule has 3 nitrogen and oxygen atoms in total. The summed E-state index contributed by atoms with van der Waals surface area (Å²) < 4.78 is 0. The van der Waals surface area contributed by atoms with Crippen molar-refractivity contribution in [1.29, 1.82) is 0 Å². The van der Waals surface area contributed by atoms with E-state index in [-0.39, 0.29) is 0 Å². The summed E-state index contributed by atoms with van der Waals surface area (Å²) in [7, 11) is 0. The summed E-state index contributed by atoms with van der Waals surface area (Å²) in [6.45, 7) is 4.03. The van der Waals surface area contributed by atoms with Gasteiger partial charge in [0.25, 0.3) is 0 Å². The third-order valence-corrected chi connectivity index (χ3v) is 3.25. The van der Waals surface area contributed by atoms with Crippen LogP contribution in [0.1, 0.15) is 22.4 Å². The Hall–Kier alpha value is -1.26. The molecule has 0 atom stereocenters. The molecule has 0 saturated carbocycles. The van der Waals surface area contributed by atoms with E-state index in [0.29, 0.717) is 0 Å². The van der Waals surface area contributed by atoms with E-state index in [1.807, 2.05) is 30.7 Å². The van der Waals surface area contributed by atoms with E-state index >= 15 is 0 Å². The monoisotopic (exact) mass is 233 g/mol. The van der Waals surface area contributed by atoms with Gasteiger partial charge in [0.05, 0.1) is 5.01 Å². The molecule has 2 heterocycles. The summed E-state index contributed by atoms with van der Waals surface area (Å²) in [5, 5.41) is 4.47. The number of pyridine rings is 1. The number of nitrogens with one attached hydrogen (secondary N) is 1. The average Bonchev–Trinajstić information content (AvgIpc) is 2.75. The van der Waals surface area contributed by atoms with Gasteiger partial charge in [0.2, 0.25) is 0 Å². The maximum Gasteiger partial charge on any atom is 0.0972 e.